The van der Waals surface area contributed by atoms with Crippen molar-refractivity contribution in [2.45, 2.75) is 12.8 Å². The molecule has 2 aromatic carbocycles. The number of rotatable bonds is 6. The van der Waals surface area contributed by atoms with E-state index in [0.29, 0.717) is 18.7 Å². The van der Waals surface area contributed by atoms with Gasteiger partial charge in [0.15, 0.2) is 0 Å². The molecule has 1 aliphatic rings. The van der Waals surface area contributed by atoms with Gasteiger partial charge in [-0.3, -0.25) is 14.9 Å². The number of nitro groups is 1. The molecule has 3 rings (SSSR count). The number of hydrogen-bond acceptors (Lipinski definition) is 5. The summed E-state index contributed by atoms with van der Waals surface area (Å²) >= 11 is 0. The lowest BCUT2D eigenvalue weighted by Crippen LogP contribution is -2.26. The third kappa shape index (κ3) is 3.71. The Kier molecular flexibility index (Phi) is 4.83. The minimum atomic E-state index is -0.501. The molecule has 0 unspecified atom stereocenters. The summed E-state index contributed by atoms with van der Waals surface area (Å²) in [4.78, 5) is 24.7. The lowest BCUT2D eigenvalue weighted by molar-refractivity contribution is -0.384. The largest absolute Gasteiger partial charge is 0.494 e. The Morgan fingerprint density at radius 2 is 2.12 bits per heavy atom. The highest BCUT2D eigenvalue weighted by Crippen LogP contribution is 2.30. The van der Waals surface area contributed by atoms with Gasteiger partial charge in [-0.25, -0.2) is 0 Å². The van der Waals surface area contributed by atoms with Gasteiger partial charge in [0, 0.05) is 31.3 Å². The van der Waals surface area contributed by atoms with Gasteiger partial charge in [-0.05, 0) is 24.1 Å². The number of anilines is 2. The Morgan fingerprint density at radius 1 is 1.32 bits per heavy atom. The minimum Gasteiger partial charge on any atom is -0.494 e. The third-order valence-corrected chi connectivity index (χ3v) is 4.26. The summed E-state index contributed by atoms with van der Waals surface area (Å²) < 4.78 is 5.13. The van der Waals surface area contributed by atoms with E-state index in [2.05, 4.69) is 22.3 Å². The molecule has 0 fully saturated rings. The molecule has 0 saturated carbocycles. The normalized spacial score (nSPS) is 12.6. The van der Waals surface area contributed by atoms with Crippen LogP contribution in [0.25, 0.3) is 0 Å². The maximum absolute atomic E-state index is 12.2. The molecule has 0 radical (unpaired) electrons. The maximum Gasteiger partial charge on any atom is 0.273 e. The number of nitro benzene ring substituents is 1. The number of para-hydroxylation sites is 1. The van der Waals surface area contributed by atoms with Crippen LogP contribution in [0, 0.1) is 10.1 Å². The van der Waals surface area contributed by atoms with Crippen LogP contribution in [0.1, 0.15) is 12.0 Å². The summed E-state index contributed by atoms with van der Waals surface area (Å²) in [5.41, 5.74) is 2.84. The van der Waals surface area contributed by atoms with Crippen LogP contribution >= 0.6 is 0 Å². The van der Waals surface area contributed by atoms with E-state index < -0.39 is 4.92 Å². The fourth-order valence-corrected chi connectivity index (χ4v) is 2.98. The smallest absolute Gasteiger partial charge is 0.273 e. The van der Waals surface area contributed by atoms with Crippen LogP contribution in [0.15, 0.2) is 42.5 Å². The van der Waals surface area contributed by atoms with E-state index in [1.54, 1.807) is 0 Å². The van der Waals surface area contributed by atoms with E-state index in [0.717, 1.165) is 13.0 Å². The molecule has 0 bridgehead atoms. The number of nitrogens with zero attached hydrogens (tertiary/aromatic N) is 2. The highest BCUT2D eigenvalue weighted by molar-refractivity contribution is 5.92. The van der Waals surface area contributed by atoms with Gasteiger partial charge in [-0.1, -0.05) is 18.2 Å². The number of hydrogen-bond donors (Lipinski definition) is 1. The van der Waals surface area contributed by atoms with E-state index in [4.69, 9.17) is 4.74 Å². The van der Waals surface area contributed by atoms with E-state index in [-0.39, 0.29) is 17.3 Å². The summed E-state index contributed by atoms with van der Waals surface area (Å²) in [6.45, 7) is 1.53. The number of fused-ring (bicyclic) bond motifs is 1. The Hall–Kier alpha value is -3.09. The molecular formula is C18H19N3O4. The number of benzene rings is 2. The molecule has 130 valence electrons. The zero-order valence-corrected chi connectivity index (χ0v) is 13.9. The van der Waals surface area contributed by atoms with Crippen molar-refractivity contribution in [2.75, 3.05) is 30.4 Å². The summed E-state index contributed by atoms with van der Waals surface area (Å²) in [6, 6.07) is 12.3. The number of carbonyl (C=O) groups excluding carboxylic acids is 1. The molecule has 0 saturated heterocycles. The van der Waals surface area contributed by atoms with Crippen LogP contribution < -0.4 is 15.0 Å². The minimum absolute atomic E-state index is 0.0801. The predicted octanol–water partition coefficient (Wildman–Crippen LogP) is 2.99. The number of ether oxygens (including phenoxy) is 1. The zero-order chi connectivity index (χ0) is 17.8. The summed E-state index contributed by atoms with van der Waals surface area (Å²) in [5, 5.41) is 13.6. The lowest BCUT2D eigenvalue weighted by Gasteiger charge is -2.19. The predicted molar refractivity (Wildman–Crippen MR) is 95.3 cm³/mol. The van der Waals surface area contributed by atoms with Gasteiger partial charge in [0.25, 0.3) is 5.69 Å². The van der Waals surface area contributed by atoms with Crippen molar-refractivity contribution in [1.29, 1.82) is 0 Å². The second kappa shape index (κ2) is 7.21. The van der Waals surface area contributed by atoms with Gasteiger partial charge in [0.1, 0.15) is 5.75 Å². The number of carbonyl (C=O) groups is 1. The average Bonchev–Trinajstić information content (AvgIpc) is 3.03. The van der Waals surface area contributed by atoms with Crippen molar-refractivity contribution in [1.82, 2.24) is 0 Å². The summed E-state index contributed by atoms with van der Waals surface area (Å²) in [5.74, 6) is 0.116. The number of amides is 1. The van der Waals surface area contributed by atoms with Crippen LogP contribution in [-0.4, -0.2) is 31.0 Å². The summed E-state index contributed by atoms with van der Waals surface area (Å²) in [7, 11) is 1.41. The van der Waals surface area contributed by atoms with Crippen molar-refractivity contribution in [3.8, 4) is 5.75 Å². The molecule has 7 heteroatoms. The number of non-ortho nitro benzene ring substituents is 1. The molecule has 0 spiro atoms. The number of methoxy groups -OCH3 is 1. The van der Waals surface area contributed by atoms with Gasteiger partial charge >= 0.3 is 0 Å². The second-order valence-electron chi connectivity index (χ2n) is 5.81. The van der Waals surface area contributed by atoms with Crippen LogP contribution in [0.4, 0.5) is 17.1 Å². The van der Waals surface area contributed by atoms with Crippen LogP contribution in [-0.2, 0) is 11.2 Å². The maximum atomic E-state index is 12.2. The van der Waals surface area contributed by atoms with Crippen LogP contribution in [0.3, 0.4) is 0 Å². The van der Waals surface area contributed by atoms with Crippen molar-refractivity contribution in [3.05, 3.63) is 58.1 Å². The van der Waals surface area contributed by atoms with Gasteiger partial charge in [-0.15, -0.1) is 0 Å². The van der Waals surface area contributed by atoms with Crippen LogP contribution in [0.2, 0.25) is 0 Å². The molecule has 0 aromatic heterocycles. The van der Waals surface area contributed by atoms with E-state index >= 15 is 0 Å². The first kappa shape index (κ1) is 16.8. The first-order valence-electron chi connectivity index (χ1n) is 8.03. The first-order valence-corrected chi connectivity index (χ1v) is 8.03. The van der Waals surface area contributed by atoms with Crippen molar-refractivity contribution >= 4 is 23.0 Å². The van der Waals surface area contributed by atoms with Crippen molar-refractivity contribution < 1.29 is 14.5 Å². The molecule has 1 heterocycles. The molecule has 25 heavy (non-hydrogen) atoms. The average molecular weight is 341 g/mol. The lowest BCUT2D eigenvalue weighted by atomic mass is 10.2. The molecule has 2 aromatic rings. The van der Waals surface area contributed by atoms with Gasteiger partial charge in [-0.2, -0.15) is 0 Å². The number of nitrogens with one attached hydrogen (secondary N) is 1. The topological polar surface area (TPSA) is 84.7 Å². The second-order valence-corrected chi connectivity index (χ2v) is 5.81. The molecule has 0 atom stereocenters. The highest BCUT2D eigenvalue weighted by atomic mass is 16.6. The van der Waals surface area contributed by atoms with Gasteiger partial charge in [0.2, 0.25) is 5.91 Å². The van der Waals surface area contributed by atoms with Crippen molar-refractivity contribution in [2.24, 2.45) is 0 Å². The fraction of sp³-hybridized carbons (Fsp3) is 0.278. The SMILES string of the molecule is COc1cc([N+](=O)[O-])ccc1NC(=O)CCN1CCc2ccccc21. The standard InChI is InChI=1S/C18H19N3O4/c1-25-17-12-14(21(23)24)6-7-15(17)19-18(22)9-11-20-10-8-13-4-2-3-5-16(13)20/h2-7,12H,8-11H2,1H3,(H,19,22). The first-order chi connectivity index (χ1) is 12.1. The van der Waals surface area contributed by atoms with E-state index in [9.17, 15) is 14.9 Å². The molecule has 1 N–H and O–H groups in total. The Morgan fingerprint density at radius 3 is 2.88 bits per heavy atom. The fourth-order valence-electron chi connectivity index (χ4n) is 2.98. The Bertz CT molecular complexity index is 807. The monoisotopic (exact) mass is 341 g/mol. The quantitative estimate of drug-likeness (QED) is 0.645. The van der Waals surface area contributed by atoms with E-state index in [1.165, 1.54) is 36.6 Å². The Balaban J connectivity index is 1.61. The molecule has 1 aliphatic heterocycles. The molecular weight excluding hydrogens is 322 g/mol. The Labute approximate surface area is 145 Å². The molecule has 0 aliphatic carbocycles. The van der Waals surface area contributed by atoms with Gasteiger partial charge in [0.05, 0.1) is 23.8 Å². The van der Waals surface area contributed by atoms with Crippen molar-refractivity contribution in [3.63, 3.8) is 0 Å². The van der Waals surface area contributed by atoms with Gasteiger partial charge < -0.3 is 15.0 Å². The highest BCUT2D eigenvalue weighted by Gasteiger charge is 2.19. The molecule has 7 nitrogen and oxygen atoms in total. The molecule has 1 amide bonds. The van der Waals surface area contributed by atoms with Crippen LogP contribution in [0.5, 0.6) is 5.75 Å². The third-order valence-electron chi connectivity index (χ3n) is 4.26. The zero-order valence-electron chi connectivity index (χ0n) is 13.9. The van der Waals surface area contributed by atoms with E-state index in [1.807, 2.05) is 12.1 Å². The summed E-state index contributed by atoms with van der Waals surface area (Å²) in [6.07, 6.45) is 1.32.